The number of rotatable bonds is 5. The van der Waals surface area contributed by atoms with Crippen molar-refractivity contribution in [2.75, 3.05) is 26.8 Å². The minimum Gasteiger partial charge on any atom is -0.444 e. The fourth-order valence-corrected chi connectivity index (χ4v) is 3.51. The number of benzene rings is 1. The monoisotopic (exact) mass is 469 g/mol. The first kappa shape index (κ1) is 24.9. The van der Waals surface area contributed by atoms with E-state index < -0.39 is 41.4 Å². The molecule has 3 rings (SSSR count). The molecule has 0 aliphatic carbocycles. The molecule has 1 fully saturated rings. The molecule has 180 valence electrons. The number of carbonyl (C=O) groups excluding carboxylic acids is 5. The minimum atomic E-state index is -1.03. The first-order chi connectivity index (χ1) is 16.0. The number of piperidine rings is 1. The number of imide groups is 2. The van der Waals surface area contributed by atoms with Gasteiger partial charge in [-0.25, -0.2) is 4.79 Å². The molecule has 2 heterocycles. The highest BCUT2D eigenvalue weighted by Crippen LogP contribution is 2.29. The molecule has 10 nitrogen and oxygen atoms in total. The first-order valence-electron chi connectivity index (χ1n) is 10.8. The van der Waals surface area contributed by atoms with Gasteiger partial charge in [0.25, 0.3) is 11.8 Å². The Bertz CT molecular complexity index is 1090. The van der Waals surface area contributed by atoms with Crippen LogP contribution in [0.2, 0.25) is 0 Å². The normalized spacial score (nSPS) is 17.6. The largest absolute Gasteiger partial charge is 0.444 e. The molecule has 5 amide bonds. The summed E-state index contributed by atoms with van der Waals surface area (Å²) in [6, 6.07) is 3.70. The van der Waals surface area contributed by atoms with E-state index in [1.54, 1.807) is 40.0 Å². The molecule has 1 N–H and O–H groups in total. The molecule has 2 aliphatic heterocycles. The summed E-state index contributed by atoms with van der Waals surface area (Å²) >= 11 is 0. The fourth-order valence-electron chi connectivity index (χ4n) is 3.51. The van der Waals surface area contributed by atoms with E-state index in [0.717, 1.165) is 4.90 Å². The van der Waals surface area contributed by atoms with E-state index in [0.29, 0.717) is 12.1 Å². The van der Waals surface area contributed by atoms with Gasteiger partial charge in [0.1, 0.15) is 18.2 Å². The summed E-state index contributed by atoms with van der Waals surface area (Å²) in [6.07, 6.45) is -0.314. The molecule has 1 unspecified atom stereocenters. The van der Waals surface area contributed by atoms with E-state index in [1.807, 2.05) is 0 Å². The molecule has 1 atom stereocenters. The minimum absolute atomic E-state index is 0.0464. The van der Waals surface area contributed by atoms with Gasteiger partial charge >= 0.3 is 6.09 Å². The summed E-state index contributed by atoms with van der Waals surface area (Å²) in [7, 11) is 1.60. The van der Waals surface area contributed by atoms with Gasteiger partial charge in [-0.2, -0.15) is 0 Å². The highest BCUT2D eigenvalue weighted by atomic mass is 16.6. The summed E-state index contributed by atoms with van der Waals surface area (Å²) in [5.41, 5.74) is 0.0659. The SMILES string of the molecule is CN(CCOCC#Cc1cccc2c1C(=O)N(C1CCC(=O)NC1=O)C2=O)C(=O)OC(C)(C)C. The van der Waals surface area contributed by atoms with E-state index in [1.165, 1.54) is 11.0 Å². The van der Waals surface area contributed by atoms with Crippen molar-refractivity contribution in [3.63, 3.8) is 0 Å². The molecule has 0 bridgehead atoms. The average molecular weight is 469 g/mol. The second-order valence-corrected chi connectivity index (χ2v) is 8.93. The van der Waals surface area contributed by atoms with Crippen LogP contribution in [0.3, 0.4) is 0 Å². The van der Waals surface area contributed by atoms with Gasteiger partial charge in [0.15, 0.2) is 0 Å². The van der Waals surface area contributed by atoms with Crippen molar-refractivity contribution < 1.29 is 33.4 Å². The molecule has 10 heteroatoms. The number of hydrogen-bond donors (Lipinski definition) is 1. The number of likely N-dealkylation sites (N-methyl/N-ethyl adjacent to an activating group) is 1. The van der Waals surface area contributed by atoms with Crippen LogP contribution >= 0.6 is 0 Å². The van der Waals surface area contributed by atoms with Crippen molar-refractivity contribution in [3.8, 4) is 11.8 Å². The Labute approximate surface area is 197 Å². The van der Waals surface area contributed by atoms with Crippen LogP contribution < -0.4 is 5.32 Å². The van der Waals surface area contributed by atoms with Crippen LogP contribution in [-0.2, 0) is 19.1 Å². The zero-order valence-electron chi connectivity index (χ0n) is 19.6. The lowest BCUT2D eigenvalue weighted by atomic mass is 10.0. The highest BCUT2D eigenvalue weighted by Gasteiger charge is 2.45. The molecular formula is C24H27N3O7. The van der Waals surface area contributed by atoms with Crippen molar-refractivity contribution in [3.05, 3.63) is 34.9 Å². The number of carbonyl (C=O) groups is 5. The van der Waals surface area contributed by atoms with Crippen molar-refractivity contribution in [2.24, 2.45) is 0 Å². The van der Waals surface area contributed by atoms with Gasteiger partial charge in [-0.15, -0.1) is 0 Å². The smallest absolute Gasteiger partial charge is 0.410 e. The lowest BCUT2D eigenvalue weighted by molar-refractivity contribution is -0.136. The molecule has 0 saturated carbocycles. The lowest BCUT2D eigenvalue weighted by Gasteiger charge is -2.27. The summed E-state index contributed by atoms with van der Waals surface area (Å²) in [5, 5.41) is 2.17. The second-order valence-electron chi connectivity index (χ2n) is 8.93. The van der Waals surface area contributed by atoms with Crippen molar-refractivity contribution >= 4 is 29.7 Å². The average Bonchev–Trinajstić information content (AvgIpc) is 3.00. The number of nitrogens with zero attached hydrogens (tertiary/aromatic N) is 2. The van der Waals surface area contributed by atoms with Gasteiger partial charge < -0.3 is 14.4 Å². The van der Waals surface area contributed by atoms with Gasteiger partial charge in [0.05, 0.1) is 17.7 Å². The third kappa shape index (κ3) is 5.61. The first-order valence-corrected chi connectivity index (χ1v) is 10.8. The zero-order chi connectivity index (χ0) is 25.0. The van der Waals surface area contributed by atoms with Crippen LogP contribution in [0.5, 0.6) is 0 Å². The molecule has 0 spiro atoms. The molecular weight excluding hydrogens is 442 g/mol. The molecule has 0 aromatic heterocycles. The second kappa shape index (κ2) is 10.1. The quantitative estimate of drug-likeness (QED) is 0.392. The van der Waals surface area contributed by atoms with Crippen LogP contribution in [-0.4, -0.2) is 78.0 Å². The Morgan fingerprint density at radius 3 is 2.62 bits per heavy atom. The highest BCUT2D eigenvalue weighted by molar-refractivity contribution is 6.24. The van der Waals surface area contributed by atoms with Crippen LogP contribution in [0.15, 0.2) is 18.2 Å². The molecule has 0 radical (unpaired) electrons. The van der Waals surface area contributed by atoms with Gasteiger partial charge in [0.2, 0.25) is 11.8 Å². The van der Waals surface area contributed by atoms with Gasteiger partial charge in [-0.3, -0.25) is 29.4 Å². The van der Waals surface area contributed by atoms with Crippen LogP contribution in [0, 0.1) is 11.8 Å². The van der Waals surface area contributed by atoms with Gasteiger partial charge in [0, 0.05) is 25.6 Å². The third-order valence-corrected chi connectivity index (χ3v) is 5.14. The predicted molar refractivity (Wildman–Crippen MR) is 120 cm³/mol. The fraction of sp³-hybridized carbons (Fsp3) is 0.458. The Balaban J connectivity index is 1.60. The Hall–Kier alpha value is -3.71. The number of ether oxygens (including phenoxy) is 2. The molecule has 2 aliphatic rings. The number of amides is 5. The van der Waals surface area contributed by atoms with Crippen molar-refractivity contribution in [1.82, 2.24) is 15.1 Å². The summed E-state index contributed by atoms with van der Waals surface area (Å²) in [6.45, 7) is 5.95. The zero-order valence-corrected chi connectivity index (χ0v) is 19.6. The molecule has 34 heavy (non-hydrogen) atoms. The van der Waals surface area contributed by atoms with Crippen molar-refractivity contribution in [2.45, 2.75) is 45.3 Å². The third-order valence-electron chi connectivity index (χ3n) is 5.14. The van der Waals surface area contributed by atoms with Gasteiger partial charge in [-0.05, 0) is 39.3 Å². The van der Waals surface area contributed by atoms with Gasteiger partial charge in [-0.1, -0.05) is 17.9 Å². The number of hydrogen-bond acceptors (Lipinski definition) is 7. The van der Waals surface area contributed by atoms with E-state index in [-0.39, 0.29) is 37.2 Å². The Morgan fingerprint density at radius 1 is 1.21 bits per heavy atom. The Kier molecular flexibility index (Phi) is 7.37. The van der Waals surface area contributed by atoms with E-state index in [9.17, 15) is 24.0 Å². The van der Waals surface area contributed by atoms with E-state index in [2.05, 4.69) is 17.2 Å². The lowest BCUT2D eigenvalue weighted by Crippen LogP contribution is -2.54. The maximum absolute atomic E-state index is 13.0. The maximum atomic E-state index is 13.0. The van der Waals surface area contributed by atoms with Crippen LogP contribution in [0.1, 0.15) is 59.9 Å². The van der Waals surface area contributed by atoms with Crippen molar-refractivity contribution in [1.29, 1.82) is 0 Å². The standard InChI is InChI=1S/C24H27N3O7/c1-24(2,3)34-23(32)26(4)12-14-33-13-6-8-15-7-5-9-16-19(15)22(31)27(21(16)30)17-10-11-18(28)25-20(17)29/h5,7,9,17H,10-14H2,1-4H3,(H,25,28,29). The molecule has 1 aromatic rings. The molecule has 1 saturated heterocycles. The number of fused-ring (bicyclic) bond motifs is 1. The Morgan fingerprint density at radius 2 is 1.94 bits per heavy atom. The maximum Gasteiger partial charge on any atom is 0.410 e. The van der Waals surface area contributed by atoms with Crippen LogP contribution in [0.25, 0.3) is 0 Å². The number of nitrogens with one attached hydrogen (secondary N) is 1. The topological polar surface area (TPSA) is 122 Å². The predicted octanol–water partition coefficient (Wildman–Crippen LogP) is 1.32. The summed E-state index contributed by atoms with van der Waals surface area (Å²) in [4.78, 5) is 63.7. The van der Waals surface area contributed by atoms with E-state index in [4.69, 9.17) is 9.47 Å². The van der Waals surface area contributed by atoms with E-state index >= 15 is 0 Å². The summed E-state index contributed by atoms with van der Waals surface area (Å²) < 4.78 is 10.7. The van der Waals surface area contributed by atoms with Crippen LogP contribution in [0.4, 0.5) is 4.79 Å². The molecule has 1 aromatic carbocycles. The summed E-state index contributed by atoms with van der Waals surface area (Å²) in [5.74, 6) is 3.36.